The minimum absolute atomic E-state index is 0.0895. The van der Waals surface area contributed by atoms with E-state index >= 15 is 0 Å². The van der Waals surface area contributed by atoms with E-state index in [0.717, 1.165) is 11.1 Å². The van der Waals surface area contributed by atoms with Gasteiger partial charge in [-0.1, -0.05) is 30.3 Å². The standard InChI is InChI=1S/C21H23FN4O2S2/c1-24-20(17-7-9-18(22)10-8-17)23-26(21(24)29)15-25(13-16-5-3-2-4-6-16)19-11-12-30(27,28)14-19/h2-10,19H,11-15H2,1H3/t19-/m1/s1. The molecule has 1 fully saturated rings. The van der Waals surface area contributed by atoms with Crippen LogP contribution in [0.4, 0.5) is 4.39 Å². The molecule has 3 aromatic rings. The lowest BCUT2D eigenvalue weighted by Crippen LogP contribution is -2.37. The number of halogens is 1. The van der Waals surface area contributed by atoms with Crippen LogP contribution >= 0.6 is 12.2 Å². The van der Waals surface area contributed by atoms with Crippen molar-refractivity contribution < 1.29 is 12.8 Å². The summed E-state index contributed by atoms with van der Waals surface area (Å²) in [6.07, 6.45) is 0.597. The normalized spacial score (nSPS) is 18.2. The second-order valence-electron chi connectivity index (χ2n) is 7.60. The summed E-state index contributed by atoms with van der Waals surface area (Å²) in [5.41, 5.74) is 1.87. The Labute approximate surface area is 180 Å². The molecule has 0 radical (unpaired) electrons. The lowest BCUT2D eigenvalue weighted by Gasteiger charge is -2.27. The Hall–Kier alpha value is -2.36. The van der Waals surface area contributed by atoms with Gasteiger partial charge in [-0.15, -0.1) is 0 Å². The zero-order chi connectivity index (χ0) is 21.3. The van der Waals surface area contributed by atoms with Crippen molar-refractivity contribution in [3.05, 3.63) is 70.7 Å². The highest BCUT2D eigenvalue weighted by molar-refractivity contribution is 7.91. The Kier molecular flexibility index (Phi) is 5.86. The average molecular weight is 447 g/mol. The first-order valence-corrected chi connectivity index (χ1v) is 11.9. The van der Waals surface area contributed by atoms with Crippen molar-refractivity contribution in [1.82, 2.24) is 19.2 Å². The minimum atomic E-state index is -3.02. The van der Waals surface area contributed by atoms with Gasteiger partial charge in [-0.05, 0) is 48.5 Å². The molecule has 1 atom stereocenters. The number of benzene rings is 2. The van der Waals surface area contributed by atoms with Crippen LogP contribution in [0.5, 0.6) is 0 Å². The number of nitrogens with zero attached hydrogens (tertiary/aromatic N) is 4. The van der Waals surface area contributed by atoms with Crippen LogP contribution in [0.25, 0.3) is 11.4 Å². The van der Waals surface area contributed by atoms with E-state index in [4.69, 9.17) is 12.2 Å². The maximum atomic E-state index is 13.3. The first kappa shape index (κ1) is 20.9. The van der Waals surface area contributed by atoms with Crippen LogP contribution in [0.2, 0.25) is 0 Å². The second-order valence-corrected chi connectivity index (χ2v) is 10.2. The largest absolute Gasteiger partial charge is 0.303 e. The van der Waals surface area contributed by atoms with Gasteiger partial charge in [0.2, 0.25) is 0 Å². The van der Waals surface area contributed by atoms with E-state index < -0.39 is 9.84 Å². The van der Waals surface area contributed by atoms with E-state index in [1.54, 1.807) is 21.4 Å². The Bertz CT molecular complexity index is 1190. The van der Waals surface area contributed by atoms with Gasteiger partial charge in [0.25, 0.3) is 0 Å². The third-order valence-electron chi connectivity index (χ3n) is 5.41. The molecule has 1 aliphatic rings. The smallest absolute Gasteiger partial charge is 0.199 e. The topological polar surface area (TPSA) is 60.1 Å². The van der Waals surface area contributed by atoms with E-state index in [1.165, 1.54) is 12.1 Å². The van der Waals surface area contributed by atoms with Crippen LogP contribution in [-0.2, 0) is 30.1 Å². The van der Waals surface area contributed by atoms with E-state index in [2.05, 4.69) is 10.00 Å². The van der Waals surface area contributed by atoms with Crippen LogP contribution < -0.4 is 0 Å². The summed E-state index contributed by atoms with van der Waals surface area (Å²) in [4.78, 5) is 2.12. The number of hydrogen-bond donors (Lipinski definition) is 0. The van der Waals surface area contributed by atoms with Crippen molar-refractivity contribution in [3.8, 4) is 11.4 Å². The lowest BCUT2D eigenvalue weighted by molar-refractivity contribution is 0.146. The molecule has 2 aromatic carbocycles. The van der Waals surface area contributed by atoms with E-state index in [-0.39, 0.29) is 23.4 Å². The van der Waals surface area contributed by atoms with E-state index in [1.807, 2.05) is 37.4 Å². The maximum absolute atomic E-state index is 13.3. The van der Waals surface area contributed by atoms with Gasteiger partial charge in [-0.3, -0.25) is 4.90 Å². The first-order chi connectivity index (χ1) is 14.3. The molecule has 1 saturated heterocycles. The van der Waals surface area contributed by atoms with Crippen LogP contribution in [-0.4, -0.2) is 45.2 Å². The Morgan fingerprint density at radius 3 is 2.50 bits per heavy atom. The molecule has 0 unspecified atom stereocenters. The molecule has 9 heteroatoms. The first-order valence-electron chi connectivity index (χ1n) is 9.70. The third-order valence-corrected chi connectivity index (χ3v) is 7.65. The average Bonchev–Trinajstić information content (AvgIpc) is 3.23. The zero-order valence-corrected chi connectivity index (χ0v) is 18.2. The summed E-state index contributed by atoms with van der Waals surface area (Å²) in [6.45, 7) is 0.980. The fraction of sp³-hybridized carbons (Fsp3) is 0.333. The lowest BCUT2D eigenvalue weighted by atomic mass is 10.1. The van der Waals surface area contributed by atoms with Crippen LogP contribution in [0, 0.1) is 10.6 Å². The molecule has 30 heavy (non-hydrogen) atoms. The van der Waals surface area contributed by atoms with Crippen molar-refractivity contribution in [2.45, 2.75) is 25.7 Å². The molecular weight excluding hydrogens is 423 g/mol. The van der Waals surface area contributed by atoms with Crippen LogP contribution in [0.1, 0.15) is 12.0 Å². The van der Waals surface area contributed by atoms with Gasteiger partial charge >= 0.3 is 0 Å². The monoisotopic (exact) mass is 446 g/mol. The SMILES string of the molecule is Cn1c(-c2ccc(F)cc2)nn(CN(Cc2ccccc2)[C@@H]2CCS(=O)(=O)C2)c1=S. The van der Waals surface area contributed by atoms with Gasteiger partial charge < -0.3 is 4.57 Å². The molecule has 1 aromatic heterocycles. The quantitative estimate of drug-likeness (QED) is 0.543. The van der Waals surface area contributed by atoms with Crippen molar-refractivity contribution in [2.75, 3.05) is 11.5 Å². The van der Waals surface area contributed by atoms with Crippen LogP contribution in [0.3, 0.4) is 0 Å². The summed E-state index contributed by atoms with van der Waals surface area (Å²) in [5, 5.41) is 4.66. The summed E-state index contributed by atoms with van der Waals surface area (Å²) < 4.78 is 41.5. The highest BCUT2D eigenvalue weighted by Crippen LogP contribution is 2.22. The third kappa shape index (κ3) is 4.53. The molecule has 0 spiro atoms. The molecule has 4 rings (SSSR count). The van der Waals surface area contributed by atoms with Gasteiger partial charge in [-0.2, -0.15) is 5.10 Å². The van der Waals surface area contributed by atoms with Crippen LogP contribution in [0.15, 0.2) is 54.6 Å². The Balaban J connectivity index is 1.65. The summed E-state index contributed by atoms with van der Waals surface area (Å²) >= 11 is 5.59. The highest BCUT2D eigenvalue weighted by atomic mass is 32.2. The molecule has 0 amide bonds. The predicted octanol–water partition coefficient (Wildman–Crippen LogP) is 3.40. The summed E-state index contributed by atoms with van der Waals surface area (Å²) in [7, 11) is -1.20. The zero-order valence-electron chi connectivity index (χ0n) is 16.6. The van der Waals surface area contributed by atoms with Crippen molar-refractivity contribution in [2.24, 2.45) is 7.05 Å². The fourth-order valence-electron chi connectivity index (χ4n) is 3.78. The molecule has 1 aliphatic heterocycles. The number of sulfone groups is 1. The summed E-state index contributed by atoms with van der Waals surface area (Å²) in [6, 6.07) is 16.0. The predicted molar refractivity (Wildman–Crippen MR) is 116 cm³/mol. The van der Waals surface area contributed by atoms with E-state index in [9.17, 15) is 12.8 Å². The number of hydrogen-bond acceptors (Lipinski definition) is 5. The van der Waals surface area contributed by atoms with Crippen molar-refractivity contribution >= 4 is 22.1 Å². The van der Waals surface area contributed by atoms with Crippen molar-refractivity contribution in [3.63, 3.8) is 0 Å². The van der Waals surface area contributed by atoms with E-state index in [0.29, 0.717) is 30.2 Å². The fourth-order valence-corrected chi connectivity index (χ4v) is 5.72. The van der Waals surface area contributed by atoms with Gasteiger partial charge in [0.1, 0.15) is 5.82 Å². The molecule has 2 heterocycles. The van der Waals surface area contributed by atoms with Gasteiger partial charge in [0.05, 0.1) is 18.2 Å². The van der Waals surface area contributed by atoms with Gasteiger partial charge in [-0.25, -0.2) is 17.5 Å². The highest BCUT2D eigenvalue weighted by Gasteiger charge is 2.32. The molecule has 0 aliphatic carbocycles. The molecular formula is C21H23FN4O2S2. The van der Waals surface area contributed by atoms with Crippen molar-refractivity contribution in [1.29, 1.82) is 0 Å². The number of aromatic nitrogens is 3. The maximum Gasteiger partial charge on any atom is 0.199 e. The molecule has 0 bridgehead atoms. The minimum Gasteiger partial charge on any atom is -0.303 e. The Morgan fingerprint density at radius 1 is 1.17 bits per heavy atom. The number of rotatable bonds is 6. The molecule has 0 saturated carbocycles. The Morgan fingerprint density at radius 2 is 1.87 bits per heavy atom. The second kappa shape index (κ2) is 8.41. The van der Waals surface area contributed by atoms with Gasteiger partial charge in [0, 0.05) is 25.2 Å². The van der Waals surface area contributed by atoms with Gasteiger partial charge in [0.15, 0.2) is 20.4 Å². The molecule has 6 nitrogen and oxygen atoms in total. The molecule has 158 valence electrons. The summed E-state index contributed by atoms with van der Waals surface area (Å²) in [5.74, 6) is 0.678. The molecule has 0 N–H and O–H groups in total.